The molecule has 2 heterocycles. The maximum atomic E-state index is 12.5. The number of carbonyl (C=O) groups is 3. The Balaban J connectivity index is 1.40. The Kier molecular flexibility index (Phi) is 6.70. The van der Waals surface area contributed by atoms with Gasteiger partial charge in [0.2, 0.25) is 18.6 Å². The molecule has 0 unspecified atom stereocenters. The number of anilines is 1. The minimum Gasteiger partial charge on any atom is -0.454 e. The fraction of sp³-hybridized carbons (Fsp3) is 0.526. The van der Waals surface area contributed by atoms with Crippen LogP contribution in [0.4, 0.5) is 10.5 Å². The Bertz CT molecular complexity index is 731. The molecule has 9 heteroatoms. The summed E-state index contributed by atoms with van der Waals surface area (Å²) in [6, 6.07) is 4.85. The van der Waals surface area contributed by atoms with Gasteiger partial charge in [0.25, 0.3) is 0 Å². The van der Waals surface area contributed by atoms with Crippen LogP contribution in [-0.2, 0) is 9.59 Å². The number of carbonyl (C=O) groups excluding carboxylic acids is 3. The molecule has 2 aliphatic heterocycles. The summed E-state index contributed by atoms with van der Waals surface area (Å²) >= 11 is 0. The van der Waals surface area contributed by atoms with Crippen LogP contribution in [0.3, 0.4) is 0 Å². The molecule has 1 fully saturated rings. The number of imide groups is 1. The summed E-state index contributed by atoms with van der Waals surface area (Å²) in [5.41, 5.74) is 0.675. The van der Waals surface area contributed by atoms with Crippen molar-refractivity contribution in [2.24, 2.45) is 5.92 Å². The molecule has 3 rings (SSSR count). The molecular weight excluding hydrogens is 364 g/mol. The Morgan fingerprint density at radius 3 is 2.64 bits per heavy atom. The van der Waals surface area contributed by atoms with Gasteiger partial charge in [-0.2, -0.15) is 0 Å². The molecule has 0 bridgehead atoms. The van der Waals surface area contributed by atoms with Gasteiger partial charge in [-0.25, -0.2) is 4.79 Å². The third kappa shape index (κ3) is 5.35. The first kappa shape index (κ1) is 19.9. The SMILES string of the molecule is CCCNC(=O)NC(=O)CN1CCC(C(=O)Nc2ccc3c(c2)OCO3)CC1. The van der Waals surface area contributed by atoms with E-state index in [0.29, 0.717) is 49.7 Å². The van der Waals surface area contributed by atoms with Gasteiger partial charge in [0, 0.05) is 24.2 Å². The highest BCUT2D eigenvalue weighted by Gasteiger charge is 2.26. The Morgan fingerprint density at radius 2 is 1.89 bits per heavy atom. The van der Waals surface area contributed by atoms with Crippen LogP contribution in [0.1, 0.15) is 26.2 Å². The lowest BCUT2D eigenvalue weighted by molar-refractivity contribution is -0.122. The van der Waals surface area contributed by atoms with E-state index in [1.807, 2.05) is 11.8 Å². The van der Waals surface area contributed by atoms with E-state index >= 15 is 0 Å². The molecule has 152 valence electrons. The molecule has 0 aromatic heterocycles. The van der Waals surface area contributed by atoms with Crippen LogP contribution in [-0.4, -0.2) is 55.7 Å². The number of urea groups is 1. The van der Waals surface area contributed by atoms with Gasteiger partial charge in [-0.05, 0) is 44.5 Å². The molecule has 4 amide bonds. The van der Waals surface area contributed by atoms with Crippen molar-refractivity contribution in [3.05, 3.63) is 18.2 Å². The van der Waals surface area contributed by atoms with Crippen molar-refractivity contribution < 1.29 is 23.9 Å². The standard InChI is InChI=1S/C19H26N4O5/c1-2-7-20-19(26)22-17(24)11-23-8-5-13(6-9-23)18(25)21-14-3-4-15-16(10-14)28-12-27-15/h3-4,10,13H,2,5-9,11-12H2,1H3,(H,21,25)(H2,20,22,24,26). The van der Waals surface area contributed by atoms with Crippen LogP contribution in [0, 0.1) is 5.92 Å². The van der Waals surface area contributed by atoms with E-state index in [1.54, 1.807) is 18.2 Å². The van der Waals surface area contributed by atoms with E-state index in [2.05, 4.69) is 16.0 Å². The smallest absolute Gasteiger partial charge is 0.321 e. The zero-order valence-electron chi connectivity index (χ0n) is 16.0. The van der Waals surface area contributed by atoms with Gasteiger partial charge >= 0.3 is 6.03 Å². The average molecular weight is 390 g/mol. The maximum absolute atomic E-state index is 12.5. The number of amides is 4. The molecule has 1 aromatic carbocycles. The normalized spacial score (nSPS) is 16.5. The summed E-state index contributed by atoms with van der Waals surface area (Å²) in [6.07, 6.45) is 2.13. The average Bonchev–Trinajstić information content (AvgIpc) is 3.14. The van der Waals surface area contributed by atoms with Crippen LogP contribution in [0.15, 0.2) is 18.2 Å². The Hall–Kier alpha value is -2.81. The first-order valence-electron chi connectivity index (χ1n) is 9.55. The van der Waals surface area contributed by atoms with Crippen LogP contribution in [0.5, 0.6) is 11.5 Å². The molecule has 0 saturated carbocycles. The van der Waals surface area contributed by atoms with Crippen molar-refractivity contribution in [3.63, 3.8) is 0 Å². The van der Waals surface area contributed by atoms with Gasteiger partial charge in [-0.15, -0.1) is 0 Å². The second kappa shape index (κ2) is 9.41. The number of hydrogen-bond acceptors (Lipinski definition) is 6. The molecule has 0 atom stereocenters. The van der Waals surface area contributed by atoms with Gasteiger partial charge < -0.3 is 20.1 Å². The highest BCUT2D eigenvalue weighted by molar-refractivity contribution is 5.95. The molecule has 1 aromatic rings. The summed E-state index contributed by atoms with van der Waals surface area (Å²) in [4.78, 5) is 37.9. The topological polar surface area (TPSA) is 109 Å². The summed E-state index contributed by atoms with van der Waals surface area (Å²) < 4.78 is 10.6. The maximum Gasteiger partial charge on any atom is 0.321 e. The number of nitrogens with zero attached hydrogens (tertiary/aromatic N) is 1. The van der Waals surface area contributed by atoms with E-state index in [4.69, 9.17) is 9.47 Å². The molecule has 2 aliphatic rings. The molecule has 0 radical (unpaired) electrons. The predicted molar refractivity (Wildman–Crippen MR) is 102 cm³/mol. The van der Waals surface area contributed by atoms with Crippen molar-refractivity contribution in [1.29, 1.82) is 0 Å². The third-order valence-corrected chi connectivity index (χ3v) is 4.75. The zero-order chi connectivity index (χ0) is 19.9. The molecule has 0 aliphatic carbocycles. The van der Waals surface area contributed by atoms with E-state index in [0.717, 1.165) is 6.42 Å². The fourth-order valence-corrected chi connectivity index (χ4v) is 3.22. The van der Waals surface area contributed by atoms with Crippen LogP contribution < -0.4 is 25.4 Å². The predicted octanol–water partition coefficient (Wildman–Crippen LogP) is 1.30. The van der Waals surface area contributed by atoms with Crippen molar-refractivity contribution in [2.75, 3.05) is 38.3 Å². The second-order valence-corrected chi connectivity index (χ2v) is 6.91. The van der Waals surface area contributed by atoms with Crippen molar-refractivity contribution in [3.8, 4) is 11.5 Å². The lowest BCUT2D eigenvalue weighted by Crippen LogP contribution is -2.47. The molecule has 0 spiro atoms. The lowest BCUT2D eigenvalue weighted by atomic mass is 9.96. The summed E-state index contributed by atoms with van der Waals surface area (Å²) in [5.74, 6) is 0.811. The lowest BCUT2D eigenvalue weighted by Gasteiger charge is -2.30. The van der Waals surface area contributed by atoms with E-state index < -0.39 is 6.03 Å². The van der Waals surface area contributed by atoms with Gasteiger partial charge in [0.05, 0.1) is 6.54 Å². The number of rotatable bonds is 6. The van der Waals surface area contributed by atoms with Gasteiger partial charge in [0.1, 0.15) is 0 Å². The molecular formula is C19H26N4O5. The van der Waals surface area contributed by atoms with Gasteiger partial charge in [0.15, 0.2) is 11.5 Å². The largest absolute Gasteiger partial charge is 0.454 e. The monoisotopic (exact) mass is 390 g/mol. The third-order valence-electron chi connectivity index (χ3n) is 4.75. The van der Waals surface area contributed by atoms with Crippen LogP contribution in [0.2, 0.25) is 0 Å². The highest BCUT2D eigenvalue weighted by Crippen LogP contribution is 2.34. The van der Waals surface area contributed by atoms with Gasteiger partial charge in [-0.3, -0.25) is 19.8 Å². The number of ether oxygens (including phenoxy) is 2. The molecule has 3 N–H and O–H groups in total. The minimum atomic E-state index is -0.468. The van der Waals surface area contributed by atoms with Gasteiger partial charge in [-0.1, -0.05) is 6.92 Å². The number of benzene rings is 1. The summed E-state index contributed by atoms with van der Waals surface area (Å²) in [7, 11) is 0. The first-order valence-corrected chi connectivity index (χ1v) is 9.55. The summed E-state index contributed by atoms with van der Waals surface area (Å²) in [6.45, 7) is 4.07. The molecule has 1 saturated heterocycles. The van der Waals surface area contributed by atoms with Crippen LogP contribution >= 0.6 is 0 Å². The van der Waals surface area contributed by atoms with E-state index in [9.17, 15) is 14.4 Å². The molecule has 9 nitrogen and oxygen atoms in total. The van der Waals surface area contributed by atoms with E-state index in [-0.39, 0.29) is 31.1 Å². The minimum absolute atomic E-state index is 0.0399. The fourth-order valence-electron chi connectivity index (χ4n) is 3.22. The van der Waals surface area contributed by atoms with Crippen molar-refractivity contribution in [1.82, 2.24) is 15.5 Å². The highest BCUT2D eigenvalue weighted by atomic mass is 16.7. The number of hydrogen-bond donors (Lipinski definition) is 3. The van der Waals surface area contributed by atoms with E-state index in [1.165, 1.54) is 0 Å². The first-order chi connectivity index (χ1) is 13.5. The zero-order valence-corrected chi connectivity index (χ0v) is 16.0. The number of nitrogens with one attached hydrogen (secondary N) is 3. The Morgan fingerprint density at radius 1 is 1.14 bits per heavy atom. The van der Waals surface area contributed by atoms with Crippen molar-refractivity contribution in [2.45, 2.75) is 26.2 Å². The number of fused-ring (bicyclic) bond motifs is 1. The Labute approximate surface area is 163 Å². The number of likely N-dealkylation sites (tertiary alicyclic amines) is 1. The number of piperidine rings is 1. The van der Waals surface area contributed by atoms with Crippen LogP contribution in [0.25, 0.3) is 0 Å². The van der Waals surface area contributed by atoms with Crippen molar-refractivity contribution >= 4 is 23.5 Å². The quantitative estimate of drug-likeness (QED) is 0.676. The second-order valence-electron chi connectivity index (χ2n) is 6.91. The summed E-state index contributed by atoms with van der Waals surface area (Å²) in [5, 5.41) is 7.84. The molecule has 28 heavy (non-hydrogen) atoms.